The maximum Gasteiger partial charge on any atom is 0.357 e. The molecule has 0 atom stereocenters. The summed E-state index contributed by atoms with van der Waals surface area (Å²) in [6.07, 6.45) is 1.59. The van der Waals surface area contributed by atoms with Crippen molar-refractivity contribution in [2.24, 2.45) is 0 Å². The average molecular weight is 223 g/mol. The Balaban J connectivity index is 2.54. The van der Waals surface area contributed by atoms with E-state index < -0.39 is 4.92 Å². The fourth-order valence-corrected chi connectivity index (χ4v) is 1.38. The number of rotatable bonds is 4. The molecule has 0 aliphatic heterocycles. The summed E-state index contributed by atoms with van der Waals surface area (Å²) in [5.41, 5.74) is 0.175. The Morgan fingerprint density at radius 1 is 1.56 bits per heavy atom. The fraction of sp³-hybridized carbons (Fsp3) is 0.222. The smallest absolute Gasteiger partial charge is 0.357 e. The normalized spacial score (nSPS) is 10.6. The third kappa shape index (κ3) is 1.68. The van der Waals surface area contributed by atoms with Crippen molar-refractivity contribution in [2.45, 2.75) is 0 Å². The van der Waals surface area contributed by atoms with Crippen LogP contribution in [0.4, 0.5) is 5.69 Å². The minimum absolute atomic E-state index is 0.0231. The van der Waals surface area contributed by atoms with Crippen molar-refractivity contribution in [1.29, 1.82) is 0 Å². The van der Waals surface area contributed by atoms with Crippen LogP contribution in [-0.4, -0.2) is 32.9 Å². The van der Waals surface area contributed by atoms with Crippen molar-refractivity contribution in [3.63, 3.8) is 0 Å². The first-order chi connectivity index (χ1) is 7.74. The number of aliphatic hydroxyl groups excluding tert-OH is 1. The van der Waals surface area contributed by atoms with E-state index in [1.807, 2.05) is 0 Å². The average Bonchev–Trinajstić information content (AvgIpc) is 2.64. The standard InChI is InChI=1S/C9H9N3O4/c13-5-6-16-9-8(12(14)15)7-3-1-2-4-11(7)10-9/h1-4,13H,5-6H2. The monoisotopic (exact) mass is 223 g/mol. The van der Waals surface area contributed by atoms with Gasteiger partial charge >= 0.3 is 11.6 Å². The zero-order chi connectivity index (χ0) is 11.5. The van der Waals surface area contributed by atoms with Crippen LogP contribution in [0.5, 0.6) is 5.88 Å². The predicted octanol–water partition coefficient (Wildman–Crippen LogP) is 0.614. The molecule has 0 aliphatic rings. The zero-order valence-corrected chi connectivity index (χ0v) is 8.24. The van der Waals surface area contributed by atoms with E-state index in [1.165, 1.54) is 4.52 Å². The summed E-state index contributed by atoms with van der Waals surface area (Å²) in [7, 11) is 0. The molecule has 7 heteroatoms. The second-order valence-electron chi connectivity index (χ2n) is 3.01. The topological polar surface area (TPSA) is 89.9 Å². The molecule has 0 saturated heterocycles. The largest absolute Gasteiger partial charge is 0.469 e. The number of aromatic nitrogens is 2. The number of hydrogen-bond donors (Lipinski definition) is 1. The van der Waals surface area contributed by atoms with Crippen LogP contribution in [0.3, 0.4) is 0 Å². The highest BCUT2D eigenvalue weighted by molar-refractivity contribution is 5.69. The number of fused-ring (bicyclic) bond motifs is 1. The van der Waals surface area contributed by atoms with Crippen LogP contribution < -0.4 is 4.74 Å². The molecule has 2 aromatic rings. The van der Waals surface area contributed by atoms with E-state index in [2.05, 4.69) is 5.10 Å². The van der Waals surface area contributed by atoms with Crippen molar-refractivity contribution in [2.75, 3.05) is 13.2 Å². The zero-order valence-electron chi connectivity index (χ0n) is 8.24. The molecule has 0 amide bonds. The molecular weight excluding hydrogens is 214 g/mol. The fourth-order valence-electron chi connectivity index (χ4n) is 1.38. The highest BCUT2D eigenvalue weighted by atomic mass is 16.6. The molecule has 16 heavy (non-hydrogen) atoms. The van der Waals surface area contributed by atoms with Gasteiger partial charge in [0.1, 0.15) is 12.1 Å². The molecule has 84 valence electrons. The second-order valence-corrected chi connectivity index (χ2v) is 3.01. The van der Waals surface area contributed by atoms with Crippen LogP contribution in [0.15, 0.2) is 24.4 Å². The van der Waals surface area contributed by atoms with Crippen LogP contribution in [0.25, 0.3) is 5.52 Å². The van der Waals surface area contributed by atoms with E-state index in [4.69, 9.17) is 9.84 Å². The number of hydrogen-bond acceptors (Lipinski definition) is 5. The minimum Gasteiger partial charge on any atom is -0.469 e. The Bertz CT molecular complexity index is 522. The third-order valence-electron chi connectivity index (χ3n) is 2.00. The minimum atomic E-state index is -0.547. The van der Waals surface area contributed by atoms with Gasteiger partial charge in [-0.2, -0.15) is 0 Å². The molecule has 0 fully saturated rings. The Labute approximate surface area is 90.0 Å². The Hall–Kier alpha value is -2.15. The van der Waals surface area contributed by atoms with Gasteiger partial charge in [-0.15, -0.1) is 5.10 Å². The lowest BCUT2D eigenvalue weighted by atomic mass is 10.3. The second kappa shape index (κ2) is 4.15. The summed E-state index contributed by atoms with van der Waals surface area (Å²) in [5, 5.41) is 23.4. The summed E-state index contributed by atoms with van der Waals surface area (Å²) >= 11 is 0. The summed E-state index contributed by atoms with van der Waals surface area (Å²) in [4.78, 5) is 10.3. The van der Waals surface area contributed by atoms with Gasteiger partial charge in [-0.05, 0) is 12.1 Å². The van der Waals surface area contributed by atoms with Crippen LogP contribution in [-0.2, 0) is 0 Å². The molecule has 0 aromatic carbocycles. The van der Waals surface area contributed by atoms with Gasteiger partial charge in [0.15, 0.2) is 0 Å². The highest BCUT2D eigenvalue weighted by Gasteiger charge is 2.24. The van der Waals surface area contributed by atoms with Crippen molar-refractivity contribution in [3.8, 4) is 5.88 Å². The Morgan fingerprint density at radius 2 is 2.38 bits per heavy atom. The first-order valence-electron chi connectivity index (χ1n) is 4.59. The van der Waals surface area contributed by atoms with Crippen LogP contribution in [0.2, 0.25) is 0 Å². The molecule has 0 radical (unpaired) electrons. The van der Waals surface area contributed by atoms with Crippen molar-refractivity contribution < 1.29 is 14.8 Å². The number of nitro groups is 1. The molecule has 0 aliphatic carbocycles. The van der Waals surface area contributed by atoms with Gasteiger partial charge in [0, 0.05) is 6.20 Å². The first-order valence-corrected chi connectivity index (χ1v) is 4.59. The number of ether oxygens (including phenoxy) is 1. The molecule has 2 heterocycles. The molecule has 1 N–H and O–H groups in total. The van der Waals surface area contributed by atoms with Crippen molar-refractivity contribution in [3.05, 3.63) is 34.5 Å². The van der Waals surface area contributed by atoms with Gasteiger partial charge in [0.2, 0.25) is 0 Å². The van der Waals surface area contributed by atoms with Crippen molar-refractivity contribution >= 4 is 11.2 Å². The summed E-state index contributed by atoms with van der Waals surface area (Å²) in [6.45, 7) is -0.240. The first kappa shape index (κ1) is 10.4. The van der Waals surface area contributed by atoms with Gasteiger partial charge < -0.3 is 9.84 Å². The van der Waals surface area contributed by atoms with Crippen LogP contribution in [0, 0.1) is 10.1 Å². The molecule has 2 aromatic heterocycles. The number of pyridine rings is 1. The maximum absolute atomic E-state index is 10.9. The van der Waals surface area contributed by atoms with E-state index in [9.17, 15) is 10.1 Å². The molecule has 2 rings (SSSR count). The van der Waals surface area contributed by atoms with Gasteiger partial charge in [-0.25, -0.2) is 4.52 Å². The van der Waals surface area contributed by atoms with E-state index in [0.717, 1.165) is 0 Å². The lowest BCUT2D eigenvalue weighted by Gasteiger charge is -1.97. The molecular formula is C9H9N3O4. The van der Waals surface area contributed by atoms with Crippen LogP contribution >= 0.6 is 0 Å². The van der Waals surface area contributed by atoms with E-state index in [1.54, 1.807) is 24.4 Å². The Kier molecular flexibility index (Phi) is 2.69. The van der Waals surface area contributed by atoms with Crippen LogP contribution in [0.1, 0.15) is 0 Å². The Morgan fingerprint density at radius 3 is 3.06 bits per heavy atom. The molecule has 7 nitrogen and oxygen atoms in total. The number of nitrogens with zero attached hydrogens (tertiary/aromatic N) is 3. The predicted molar refractivity (Wildman–Crippen MR) is 54.4 cm³/mol. The molecule has 0 spiro atoms. The van der Waals surface area contributed by atoms with E-state index in [-0.39, 0.29) is 24.8 Å². The number of aliphatic hydroxyl groups is 1. The molecule has 0 unspecified atom stereocenters. The van der Waals surface area contributed by atoms with E-state index in [0.29, 0.717) is 5.52 Å². The SMILES string of the molecule is O=[N+]([O-])c1c(OCCO)nn2ccccc12. The lowest BCUT2D eigenvalue weighted by Crippen LogP contribution is -2.03. The van der Waals surface area contributed by atoms with E-state index >= 15 is 0 Å². The quantitative estimate of drug-likeness (QED) is 0.606. The maximum atomic E-state index is 10.9. The molecule has 0 bridgehead atoms. The van der Waals surface area contributed by atoms with Crippen molar-refractivity contribution in [1.82, 2.24) is 9.61 Å². The summed E-state index contributed by atoms with van der Waals surface area (Å²) in [6, 6.07) is 4.97. The van der Waals surface area contributed by atoms with Gasteiger partial charge in [-0.1, -0.05) is 6.07 Å². The third-order valence-corrected chi connectivity index (χ3v) is 2.00. The summed E-state index contributed by atoms with van der Waals surface area (Å²) in [5.74, 6) is -0.0785. The van der Waals surface area contributed by atoms with Gasteiger partial charge in [0.05, 0.1) is 11.5 Å². The lowest BCUT2D eigenvalue weighted by molar-refractivity contribution is -0.384. The summed E-state index contributed by atoms with van der Waals surface area (Å²) < 4.78 is 6.37. The van der Waals surface area contributed by atoms with Gasteiger partial charge in [-0.3, -0.25) is 10.1 Å². The highest BCUT2D eigenvalue weighted by Crippen LogP contribution is 2.30. The van der Waals surface area contributed by atoms with Gasteiger partial charge in [0.25, 0.3) is 0 Å². The molecule has 0 saturated carbocycles.